The Bertz CT molecular complexity index is 185. The summed E-state index contributed by atoms with van der Waals surface area (Å²) in [7, 11) is 0. The van der Waals surface area contributed by atoms with Gasteiger partial charge in [0.05, 0.1) is 6.61 Å². The van der Waals surface area contributed by atoms with Crippen molar-refractivity contribution in [3.05, 3.63) is 0 Å². The highest BCUT2D eigenvalue weighted by molar-refractivity contribution is 5.66. The first-order valence-electron chi connectivity index (χ1n) is 5.75. The van der Waals surface area contributed by atoms with Crippen molar-refractivity contribution in [1.29, 1.82) is 0 Å². The SMILES string of the molecule is CCOC(=O)NCCC(C)CC(C)(C)C. The molecule has 0 heterocycles. The van der Waals surface area contributed by atoms with Gasteiger partial charge in [-0.1, -0.05) is 27.7 Å². The smallest absolute Gasteiger partial charge is 0.407 e. The van der Waals surface area contributed by atoms with Crippen LogP contribution >= 0.6 is 0 Å². The minimum atomic E-state index is -0.305. The number of carbonyl (C=O) groups excluding carboxylic acids is 1. The van der Waals surface area contributed by atoms with Gasteiger partial charge < -0.3 is 10.1 Å². The zero-order valence-electron chi connectivity index (χ0n) is 10.7. The van der Waals surface area contributed by atoms with Crippen molar-refractivity contribution in [2.45, 2.75) is 47.5 Å². The number of ether oxygens (including phenoxy) is 1. The van der Waals surface area contributed by atoms with Crippen LogP contribution in [-0.2, 0) is 4.74 Å². The number of carbonyl (C=O) groups is 1. The van der Waals surface area contributed by atoms with E-state index in [1.165, 1.54) is 6.42 Å². The Hall–Kier alpha value is -0.730. The molecule has 0 aliphatic heterocycles. The zero-order chi connectivity index (χ0) is 11.9. The molecule has 0 saturated heterocycles. The van der Waals surface area contributed by atoms with Crippen LogP contribution in [0.2, 0.25) is 0 Å². The van der Waals surface area contributed by atoms with Gasteiger partial charge in [0, 0.05) is 6.54 Å². The van der Waals surface area contributed by atoms with Gasteiger partial charge in [0.1, 0.15) is 0 Å². The largest absolute Gasteiger partial charge is 0.450 e. The van der Waals surface area contributed by atoms with Crippen molar-refractivity contribution in [3.63, 3.8) is 0 Å². The lowest BCUT2D eigenvalue weighted by Crippen LogP contribution is -2.26. The van der Waals surface area contributed by atoms with E-state index in [-0.39, 0.29) is 6.09 Å². The molecule has 3 heteroatoms. The number of rotatable bonds is 5. The Morgan fingerprint density at radius 2 is 2.00 bits per heavy atom. The number of nitrogens with one attached hydrogen (secondary N) is 1. The molecule has 90 valence electrons. The third-order valence-electron chi connectivity index (χ3n) is 2.14. The number of alkyl carbamates (subject to hydrolysis) is 1. The number of hydrogen-bond donors (Lipinski definition) is 1. The molecule has 1 unspecified atom stereocenters. The molecule has 1 amide bonds. The summed E-state index contributed by atoms with van der Waals surface area (Å²) in [6.45, 7) is 11.9. The van der Waals surface area contributed by atoms with Crippen LogP contribution < -0.4 is 5.32 Å². The molecule has 0 aliphatic carbocycles. The van der Waals surface area contributed by atoms with Crippen molar-refractivity contribution < 1.29 is 9.53 Å². The normalized spacial score (nSPS) is 13.4. The first-order chi connectivity index (χ1) is 6.85. The molecular weight excluding hydrogens is 190 g/mol. The Balaban J connectivity index is 3.55. The minimum Gasteiger partial charge on any atom is -0.450 e. The summed E-state index contributed by atoms with van der Waals surface area (Å²) >= 11 is 0. The number of amides is 1. The van der Waals surface area contributed by atoms with Gasteiger partial charge in [-0.15, -0.1) is 0 Å². The Labute approximate surface area is 93.6 Å². The maximum Gasteiger partial charge on any atom is 0.407 e. The van der Waals surface area contributed by atoms with Crippen LogP contribution in [0.5, 0.6) is 0 Å². The highest BCUT2D eigenvalue weighted by atomic mass is 16.5. The highest BCUT2D eigenvalue weighted by Crippen LogP contribution is 2.25. The third kappa shape index (κ3) is 9.57. The van der Waals surface area contributed by atoms with E-state index in [1.807, 2.05) is 6.92 Å². The fraction of sp³-hybridized carbons (Fsp3) is 0.917. The van der Waals surface area contributed by atoms with E-state index in [2.05, 4.69) is 33.0 Å². The molecule has 0 saturated carbocycles. The standard InChI is InChI=1S/C12H25NO2/c1-6-15-11(14)13-8-7-10(2)9-12(3,4)5/h10H,6-9H2,1-5H3,(H,13,14). The minimum absolute atomic E-state index is 0.305. The van der Waals surface area contributed by atoms with Crippen LogP contribution in [-0.4, -0.2) is 19.2 Å². The summed E-state index contributed by atoms with van der Waals surface area (Å²) in [5.74, 6) is 0.631. The molecule has 0 spiro atoms. The van der Waals surface area contributed by atoms with Crippen LogP contribution in [0.3, 0.4) is 0 Å². The van der Waals surface area contributed by atoms with Crippen molar-refractivity contribution >= 4 is 6.09 Å². The summed E-state index contributed by atoms with van der Waals surface area (Å²) in [5.41, 5.74) is 0.364. The molecule has 0 fully saturated rings. The van der Waals surface area contributed by atoms with Gasteiger partial charge in [0.15, 0.2) is 0 Å². The van der Waals surface area contributed by atoms with E-state index >= 15 is 0 Å². The second-order valence-corrected chi connectivity index (χ2v) is 5.31. The van der Waals surface area contributed by atoms with Crippen LogP contribution in [0.15, 0.2) is 0 Å². The van der Waals surface area contributed by atoms with Gasteiger partial charge in [-0.3, -0.25) is 0 Å². The van der Waals surface area contributed by atoms with E-state index in [0.29, 0.717) is 24.5 Å². The zero-order valence-corrected chi connectivity index (χ0v) is 10.7. The topological polar surface area (TPSA) is 38.3 Å². The fourth-order valence-corrected chi connectivity index (χ4v) is 1.75. The second kappa shape index (κ2) is 6.70. The predicted octanol–water partition coefficient (Wildman–Crippen LogP) is 3.19. The van der Waals surface area contributed by atoms with Gasteiger partial charge in [0.2, 0.25) is 0 Å². The van der Waals surface area contributed by atoms with Gasteiger partial charge in [-0.25, -0.2) is 4.79 Å². The van der Waals surface area contributed by atoms with Crippen LogP contribution in [0.4, 0.5) is 4.79 Å². The summed E-state index contributed by atoms with van der Waals surface area (Å²) in [6.07, 6.45) is 1.88. The summed E-state index contributed by atoms with van der Waals surface area (Å²) < 4.78 is 4.77. The Morgan fingerprint density at radius 1 is 1.40 bits per heavy atom. The molecule has 0 aromatic carbocycles. The maximum atomic E-state index is 11.0. The summed E-state index contributed by atoms with van der Waals surface area (Å²) in [4.78, 5) is 11.0. The third-order valence-corrected chi connectivity index (χ3v) is 2.14. The predicted molar refractivity (Wildman–Crippen MR) is 62.9 cm³/mol. The fourth-order valence-electron chi connectivity index (χ4n) is 1.75. The molecule has 0 aromatic heterocycles. The van der Waals surface area contributed by atoms with Gasteiger partial charge >= 0.3 is 6.09 Å². The molecule has 0 aromatic rings. The quantitative estimate of drug-likeness (QED) is 0.765. The van der Waals surface area contributed by atoms with Crippen molar-refractivity contribution in [2.75, 3.05) is 13.2 Å². The average molecular weight is 215 g/mol. The molecule has 1 N–H and O–H groups in total. The molecule has 0 bridgehead atoms. The summed E-state index contributed by atoms with van der Waals surface area (Å²) in [6, 6.07) is 0. The van der Waals surface area contributed by atoms with Gasteiger partial charge in [-0.05, 0) is 31.1 Å². The van der Waals surface area contributed by atoms with Crippen molar-refractivity contribution in [3.8, 4) is 0 Å². The first kappa shape index (κ1) is 14.3. The van der Waals surface area contributed by atoms with Crippen molar-refractivity contribution in [2.24, 2.45) is 11.3 Å². The maximum absolute atomic E-state index is 11.0. The van der Waals surface area contributed by atoms with E-state index in [9.17, 15) is 4.79 Å². The molecule has 0 aliphatic rings. The molecule has 15 heavy (non-hydrogen) atoms. The molecule has 1 atom stereocenters. The van der Waals surface area contributed by atoms with E-state index in [1.54, 1.807) is 0 Å². The second-order valence-electron chi connectivity index (χ2n) is 5.31. The van der Waals surface area contributed by atoms with E-state index < -0.39 is 0 Å². The van der Waals surface area contributed by atoms with Gasteiger partial charge in [-0.2, -0.15) is 0 Å². The monoisotopic (exact) mass is 215 g/mol. The summed E-state index contributed by atoms with van der Waals surface area (Å²) in [5, 5.41) is 2.74. The van der Waals surface area contributed by atoms with Crippen LogP contribution in [0, 0.1) is 11.3 Å². The number of hydrogen-bond acceptors (Lipinski definition) is 2. The van der Waals surface area contributed by atoms with Crippen LogP contribution in [0.25, 0.3) is 0 Å². The molecule has 0 rings (SSSR count). The lowest BCUT2D eigenvalue weighted by Gasteiger charge is -2.23. The highest BCUT2D eigenvalue weighted by Gasteiger charge is 2.15. The van der Waals surface area contributed by atoms with E-state index in [0.717, 1.165) is 6.42 Å². The lowest BCUT2D eigenvalue weighted by atomic mass is 9.84. The van der Waals surface area contributed by atoms with Crippen LogP contribution in [0.1, 0.15) is 47.5 Å². The first-order valence-corrected chi connectivity index (χ1v) is 5.75. The molecule has 0 radical (unpaired) electrons. The van der Waals surface area contributed by atoms with Crippen molar-refractivity contribution in [1.82, 2.24) is 5.32 Å². The van der Waals surface area contributed by atoms with Gasteiger partial charge in [0.25, 0.3) is 0 Å². The van der Waals surface area contributed by atoms with E-state index in [4.69, 9.17) is 4.74 Å². The lowest BCUT2D eigenvalue weighted by molar-refractivity contribution is 0.151. The Morgan fingerprint density at radius 3 is 2.47 bits per heavy atom. The Kier molecular flexibility index (Phi) is 6.37. The molecular formula is C12H25NO2. The molecule has 3 nitrogen and oxygen atoms in total. The average Bonchev–Trinajstić information content (AvgIpc) is 2.00.